The molecule has 5 heteroatoms. The van der Waals surface area contributed by atoms with E-state index in [0.717, 1.165) is 5.56 Å². The zero-order valence-electron chi connectivity index (χ0n) is 12.5. The van der Waals surface area contributed by atoms with E-state index in [2.05, 4.69) is 6.07 Å². The zero-order chi connectivity index (χ0) is 16.1. The normalized spacial score (nSPS) is 13.4. The van der Waals surface area contributed by atoms with Crippen LogP contribution in [-0.2, 0) is 0 Å². The molecule has 0 saturated heterocycles. The molecule has 0 aliphatic carbocycles. The summed E-state index contributed by atoms with van der Waals surface area (Å²) < 4.78 is 29.1. The number of benzene rings is 2. The summed E-state index contributed by atoms with van der Waals surface area (Å²) in [5.41, 5.74) is 0.905. The SMILES string of the molecule is N#CC(CCCOc1cccc(F)c1)c1ccc2c(c1)OCO2. The van der Waals surface area contributed by atoms with Gasteiger partial charge in [0.15, 0.2) is 11.5 Å². The maximum atomic E-state index is 13.0. The molecule has 0 fully saturated rings. The predicted octanol–water partition coefficient (Wildman–Crippen LogP) is 4.02. The van der Waals surface area contributed by atoms with Crippen LogP contribution in [0.15, 0.2) is 42.5 Å². The lowest BCUT2D eigenvalue weighted by Gasteiger charge is -2.11. The third kappa shape index (κ3) is 3.72. The average molecular weight is 313 g/mol. The number of halogens is 1. The van der Waals surface area contributed by atoms with Crippen LogP contribution in [-0.4, -0.2) is 13.4 Å². The van der Waals surface area contributed by atoms with Crippen LogP contribution in [0.1, 0.15) is 24.3 Å². The van der Waals surface area contributed by atoms with Crippen molar-refractivity contribution >= 4 is 0 Å². The summed E-state index contributed by atoms with van der Waals surface area (Å²) in [5.74, 6) is 1.33. The van der Waals surface area contributed by atoms with Crippen molar-refractivity contribution in [2.75, 3.05) is 13.4 Å². The van der Waals surface area contributed by atoms with Crippen LogP contribution < -0.4 is 14.2 Å². The minimum atomic E-state index is -0.322. The maximum Gasteiger partial charge on any atom is 0.231 e. The molecule has 2 aromatic rings. The number of hydrogen-bond donors (Lipinski definition) is 0. The van der Waals surface area contributed by atoms with E-state index in [1.54, 1.807) is 12.1 Å². The van der Waals surface area contributed by atoms with Gasteiger partial charge in [0, 0.05) is 6.07 Å². The Morgan fingerprint density at radius 3 is 2.87 bits per heavy atom. The molecule has 23 heavy (non-hydrogen) atoms. The van der Waals surface area contributed by atoms with Crippen molar-refractivity contribution in [1.29, 1.82) is 5.26 Å². The maximum absolute atomic E-state index is 13.0. The molecule has 3 rings (SSSR count). The highest BCUT2D eigenvalue weighted by molar-refractivity contribution is 5.46. The minimum Gasteiger partial charge on any atom is -0.493 e. The Labute approximate surface area is 134 Å². The molecule has 1 atom stereocenters. The number of rotatable bonds is 6. The predicted molar refractivity (Wildman–Crippen MR) is 82.0 cm³/mol. The van der Waals surface area contributed by atoms with E-state index < -0.39 is 0 Å². The van der Waals surface area contributed by atoms with Gasteiger partial charge in [-0.05, 0) is 42.7 Å². The van der Waals surface area contributed by atoms with Gasteiger partial charge < -0.3 is 14.2 Å². The lowest BCUT2D eigenvalue weighted by atomic mass is 9.95. The van der Waals surface area contributed by atoms with Gasteiger partial charge in [-0.3, -0.25) is 0 Å². The van der Waals surface area contributed by atoms with Gasteiger partial charge >= 0.3 is 0 Å². The van der Waals surface area contributed by atoms with E-state index in [-0.39, 0.29) is 18.5 Å². The first-order valence-electron chi connectivity index (χ1n) is 7.44. The second-order valence-electron chi connectivity index (χ2n) is 5.24. The molecule has 0 amide bonds. The standard InChI is InChI=1S/C18H16FNO3/c19-15-4-1-5-16(10-15)21-8-2-3-14(11-20)13-6-7-17-18(9-13)23-12-22-17/h1,4-7,9-10,14H,2-3,8,12H2. The lowest BCUT2D eigenvalue weighted by molar-refractivity contribution is 0.174. The van der Waals surface area contributed by atoms with Crippen LogP contribution in [0.3, 0.4) is 0 Å². The fourth-order valence-corrected chi connectivity index (χ4v) is 2.47. The van der Waals surface area contributed by atoms with Gasteiger partial charge in [-0.1, -0.05) is 12.1 Å². The van der Waals surface area contributed by atoms with Gasteiger partial charge in [0.05, 0.1) is 18.6 Å². The quantitative estimate of drug-likeness (QED) is 0.756. The molecule has 0 bridgehead atoms. The van der Waals surface area contributed by atoms with E-state index in [1.807, 2.05) is 18.2 Å². The highest BCUT2D eigenvalue weighted by Crippen LogP contribution is 2.35. The Bertz CT molecular complexity index is 726. The Balaban J connectivity index is 1.53. The van der Waals surface area contributed by atoms with E-state index in [0.29, 0.717) is 36.7 Å². The van der Waals surface area contributed by atoms with Crippen LogP contribution in [0.5, 0.6) is 17.2 Å². The van der Waals surface area contributed by atoms with Gasteiger partial charge in [0.2, 0.25) is 6.79 Å². The largest absolute Gasteiger partial charge is 0.493 e. The van der Waals surface area contributed by atoms with Crippen LogP contribution in [0.4, 0.5) is 4.39 Å². The van der Waals surface area contributed by atoms with Gasteiger partial charge in [0.1, 0.15) is 11.6 Å². The Morgan fingerprint density at radius 2 is 2.04 bits per heavy atom. The molecular weight excluding hydrogens is 297 g/mol. The molecule has 1 heterocycles. The van der Waals surface area contributed by atoms with Crippen molar-refractivity contribution in [3.63, 3.8) is 0 Å². The van der Waals surface area contributed by atoms with E-state index in [1.165, 1.54) is 12.1 Å². The fourth-order valence-electron chi connectivity index (χ4n) is 2.47. The van der Waals surface area contributed by atoms with E-state index >= 15 is 0 Å². The molecule has 1 unspecified atom stereocenters. The van der Waals surface area contributed by atoms with Crippen LogP contribution in [0.25, 0.3) is 0 Å². The van der Waals surface area contributed by atoms with Crippen molar-refractivity contribution in [2.24, 2.45) is 0 Å². The first-order chi connectivity index (χ1) is 11.3. The van der Waals surface area contributed by atoms with Gasteiger partial charge in [-0.25, -0.2) is 4.39 Å². The van der Waals surface area contributed by atoms with Crippen molar-refractivity contribution in [3.8, 4) is 23.3 Å². The number of nitrogens with zero attached hydrogens (tertiary/aromatic N) is 1. The molecule has 118 valence electrons. The summed E-state index contributed by atoms with van der Waals surface area (Å²) in [6.07, 6.45) is 1.36. The van der Waals surface area contributed by atoms with Gasteiger partial charge in [-0.15, -0.1) is 0 Å². The van der Waals surface area contributed by atoms with Crippen molar-refractivity contribution in [1.82, 2.24) is 0 Å². The highest BCUT2D eigenvalue weighted by Gasteiger charge is 2.17. The van der Waals surface area contributed by atoms with Crippen molar-refractivity contribution in [2.45, 2.75) is 18.8 Å². The Morgan fingerprint density at radius 1 is 1.17 bits per heavy atom. The molecule has 0 radical (unpaired) electrons. The summed E-state index contributed by atoms with van der Waals surface area (Å²) in [6.45, 7) is 0.656. The molecule has 2 aromatic carbocycles. The molecule has 0 N–H and O–H groups in total. The molecule has 1 aliphatic rings. The highest BCUT2D eigenvalue weighted by atomic mass is 19.1. The monoisotopic (exact) mass is 313 g/mol. The van der Waals surface area contributed by atoms with E-state index in [4.69, 9.17) is 14.2 Å². The first-order valence-corrected chi connectivity index (χ1v) is 7.44. The third-order valence-electron chi connectivity index (χ3n) is 3.66. The number of ether oxygens (including phenoxy) is 3. The number of nitriles is 1. The zero-order valence-corrected chi connectivity index (χ0v) is 12.5. The van der Waals surface area contributed by atoms with Gasteiger partial charge in [-0.2, -0.15) is 5.26 Å². The van der Waals surface area contributed by atoms with Crippen molar-refractivity contribution < 1.29 is 18.6 Å². The second-order valence-corrected chi connectivity index (χ2v) is 5.24. The van der Waals surface area contributed by atoms with Crippen LogP contribution in [0.2, 0.25) is 0 Å². The topological polar surface area (TPSA) is 51.5 Å². The van der Waals surface area contributed by atoms with Crippen molar-refractivity contribution in [3.05, 3.63) is 53.8 Å². The smallest absolute Gasteiger partial charge is 0.231 e. The summed E-state index contributed by atoms with van der Waals surface area (Å²) in [7, 11) is 0. The summed E-state index contributed by atoms with van der Waals surface area (Å²) in [6, 6.07) is 13.9. The molecule has 0 saturated carbocycles. The molecular formula is C18H16FNO3. The lowest BCUT2D eigenvalue weighted by Crippen LogP contribution is -2.02. The Kier molecular flexibility index (Phi) is 4.62. The fraction of sp³-hybridized carbons (Fsp3) is 0.278. The van der Waals surface area contributed by atoms with Gasteiger partial charge in [0.25, 0.3) is 0 Å². The second kappa shape index (κ2) is 7.01. The molecule has 4 nitrogen and oxygen atoms in total. The average Bonchev–Trinajstić information content (AvgIpc) is 3.02. The molecule has 0 spiro atoms. The Hall–Kier alpha value is -2.74. The summed E-state index contributed by atoms with van der Waals surface area (Å²) in [5, 5.41) is 9.37. The minimum absolute atomic E-state index is 0.220. The third-order valence-corrected chi connectivity index (χ3v) is 3.66. The number of hydrogen-bond acceptors (Lipinski definition) is 4. The first kappa shape index (κ1) is 15.2. The molecule has 1 aliphatic heterocycles. The molecule has 0 aromatic heterocycles. The number of fused-ring (bicyclic) bond motifs is 1. The summed E-state index contributed by atoms with van der Waals surface area (Å²) >= 11 is 0. The van der Waals surface area contributed by atoms with Crippen LogP contribution in [0, 0.1) is 17.1 Å². The van der Waals surface area contributed by atoms with Crippen LogP contribution >= 0.6 is 0 Å². The van der Waals surface area contributed by atoms with E-state index in [9.17, 15) is 9.65 Å². The summed E-state index contributed by atoms with van der Waals surface area (Å²) in [4.78, 5) is 0.